The van der Waals surface area contributed by atoms with Gasteiger partial charge >= 0.3 is 0 Å². The van der Waals surface area contributed by atoms with Gasteiger partial charge in [0, 0.05) is 24.7 Å². The van der Waals surface area contributed by atoms with Crippen molar-refractivity contribution >= 4 is 15.9 Å². The lowest BCUT2D eigenvalue weighted by atomic mass is 9.84. The monoisotopic (exact) mass is 283 g/mol. The lowest BCUT2D eigenvalue weighted by Crippen LogP contribution is -2.42. The van der Waals surface area contributed by atoms with Gasteiger partial charge in [0.25, 0.3) is 0 Å². The second kappa shape index (κ2) is 4.86. The van der Waals surface area contributed by atoms with Crippen LogP contribution in [0, 0.1) is 0 Å². The molecule has 0 amide bonds. The van der Waals surface area contributed by atoms with E-state index in [4.69, 9.17) is 4.74 Å². The molecule has 16 heavy (non-hydrogen) atoms. The third-order valence-corrected chi connectivity index (χ3v) is 4.08. The van der Waals surface area contributed by atoms with Gasteiger partial charge in [-0.2, -0.15) is 0 Å². The Labute approximate surface area is 106 Å². The number of nitrogens with zero attached hydrogens (tertiary/aromatic N) is 1. The van der Waals surface area contributed by atoms with Crippen LogP contribution in [0.3, 0.4) is 0 Å². The zero-order valence-corrected chi connectivity index (χ0v) is 11.5. The first-order valence-corrected chi connectivity index (χ1v) is 6.45. The Balaban J connectivity index is 2.24. The van der Waals surface area contributed by atoms with Crippen molar-refractivity contribution in [1.82, 2.24) is 4.90 Å². The van der Waals surface area contributed by atoms with Crippen LogP contribution in [0.1, 0.15) is 18.4 Å². The lowest BCUT2D eigenvalue weighted by Gasteiger charge is -2.40. The van der Waals surface area contributed by atoms with Crippen LogP contribution in [0.15, 0.2) is 28.7 Å². The largest absolute Gasteiger partial charge is 0.373 e. The Morgan fingerprint density at radius 3 is 2.25 bits per heavy atom. The van der Waals surface area contributed by atoms with Crippen LogP contribution in [0.5, 0.6) is 0 Å². The summed E-state index contributed by atoms with van der Waals surface area (Å²) in [5.74, 6) is 0. The maximum atomic E-state index is 5.81. The molecule has 2 nitrogen and oxygen atoms in total. The van der Waals surface area contributed by atoms with E-state index in [-0.39, 0.29) is 5.60 Å². The second-order valence-electron chi connectivity index (χ2n) is 4.51. The summed E-state index contributed by atoms with van der Waals surface area (Å²) in [6.07, 6.45) is 2.14. The average Bonchev–Trinajstić information content (AvgIpc) is 2.32. The quantitative estimate of drug-likeness (QED) is 0.827. The molecule has 1 saturated heterocycles. The van der Waals surface area contributed by atoms with Gasteiger partial charge in [-0.15, -0.1) is 0 Å². The Bertz CT molecular complexity index is 341. The number of hydrogen-bond donors (Lipinski definition) is 0. The molecule has 0 atom stereocenters. The van der Waals surface area contributed by atoms with Crippen LogP contribution < -0.4 is 0 Å². The maximum Gasteiger partial charge on any atom is 0.0951 e. The van der Waals surface area contributed by atoms with E-state index in [1.807, 2.05) is 7.11 Å². The van der Waals surface area contributed by atoms with E-state index in [2.05, 4.69) is 52.1 Å². The third-order valence-electron chi connectivity index (χ3n) is 3.56. The Kier molecular flexibility index (Phi) is 3.67. The van der Waals surface area contributed by atoms with E-state index in [1.54, 1.807) is 0 Å². The smallest absolute Gasteiger partial charge is 0.0951 e. The van der Waals surface area contributed by atoms with Crippen LogP contribution in [0.25, 0.3) is 0 Å². The fourth-order valence-electron chi connectivity index (χ4n) is 2.34. The molecule has 0 N–H and O–H groups in total. The van der Waals surface area contributed by atoms with Crippen molar-refractivity contribution in [1.29, 1.82) is 0 Å². The number of hydrogen-bond acceptors (Lipinski definition) is 2. The topological polar surface area (TPSA) is 12.5 Å². The van der Waals surface area contributed by atoms with Crippen LogP contribution in [0.4, 0.5) is 0 Å². The number of halogens is 1. The second-order valence-corrected chi connectivity index (χ2v) is 5.42. The predicted molar refractivity (Wildman–Crippen MR) is 69.6 cm³/mol. The molecule has 0 radical (unpaired) electrons. The SMILES string of the molecule is COC1(c2ccc(Br)cc2)CCN(C)CC1. The van der Waals surface area contributed by atoms with E-state index in [0.29, 0.717) is 0 Å². The van der Waals surface area contributed by atoms with Crippen LogP contribution in [0.2, 0.25) is 0 Å². The van der Waals surface area contributed by atoms with Crippen molar-refractivity contribution in [3.63, 3.8) is 0 Å². The summed E-state index contributed by atoms with van der Waals surface area (Å²) in [6, 6.07) is 8.51. The normalized spacial score (nSPS) is 20.9. The Morgan fingerprint density at radius 2 is 1.75 bits per heavy atom. The van der Waals surface area contributed by atoms with E-state index in [1.165, 1.54) is 5.56 Å². The molecule has 0 spiro atoms. The van der Waals surface area contributed by atoms with Crippen LogP contribution >= 0.6 is 15.9 Å². The number of piperidine rings is 1. The minimum atomic E-state index is -0.0762. The van der Waals surface area contributed by atoms with Crippen molar-refractivity contribution < 1.29 is 4.74 Å². The standard InChI is InChI=1S/C13H18BrNO/c1-15-9-7-13(16-2,8-10-15)11-3-5-12(14)6-4-11/h3-6H,7-10H2,1-2H3. The molecule has 1 fully saturated rings. The maximum absolute atomic E-state index is 5.81. The number of ether oxygens (including phenoxy) is 1. The molecule has 1 aromatic rings. The summed E-state index contributed by atoms with van der Waals surface area (Å²) < 4.78 is 6.93. The van der Waals surface area contributed by atoms with Gasteiger partial charge in [0.05, 0.1) is 5.60 Å². The molecule has 1 aliphatic rings. The fourth-order valence-corrected chi connectivity index (χ4v) is 2.61. The Morgan fingerprint density at radius 1 is 1.19 bits per heavy atom. The van der Waals surface area contributed by atoms with E-state index in [9.17, 15) is 0 Å². The molecule has 1 heterocycles. The molecule has 1 aromatic carbocycles. The molecule has 0 unspecified atom stereocenters. The summed E-state index contributed by atoms with van der Waals surface area (Å²) in [6.45, 7) is 2.20. The van der Waals surface area contributed by atoms with Crippen molar-refractivity contribution in [2.75, 3.05) is 27.2 Å². The molecule has 2 rings (SSSR count). The molecule has 0 bridgehead atoms. The predicted octanol–water partition coefficient (Wildman–Crippen LogP) is 3.02. The van der Waals surface area contributed by atoms with E-state index >= 15 is 0 Å². The first-order valence-electron chi connectivity index (χ1n) is 5.66. The van der Waals surface area contributed by atoms with Gasteiger partial charge in [0.1, 0.15) is 0 Å². The van der Waals surface area contributed by atoms with Gasteiger partial charge in [-0.1, -0.05) is 28.1 Å². The van der Waals surface area contributed by atoms with E-state index in [0.717, 1.165) is 30.4 Å². The van der Waals surface area contributed by atoms with Gasteiger partial charge in [-0.3, -0.25) is 0 Å². The molecule has 1 aliphatic heterocycles. The number of likely N-dealkylation sites (tertiary alicyclic amines) is 1. The highest BCUT2D eigenvalue weighted by Crippen LogP contribution is 2.36. The summed E-state index contributed by atoms with van der Waals surface area (Å²) in [5, 5.41) is 0. The molecular weight excluding hydrogens is 266 g/mol. The zero-order valence-electron chi connectivity index (χ0n) is 9.87. The average molecular weight is 284 g/mol. The summed E-state index contributed by atoms with van der Waals surface area (Å²) in [7, 11) is 3.99. The van der Waals surface area contributed by atoms with Crippen molar-refractivity contribution in [3.05, 3.63) is 34.3 Å². The van der Waals surface area contributed by atoms with Crippen molar-refractivity contribution in [2.45, 2.75) is 18.4 Å². The van der Waals surface area contributed by atoms with Gasteiger partial charge in [-0.05, 0) is 37.6 Å². The lowest BCUT2D eigenvalue weighted by molar-refractivity contribution is -0.0585. The molecule has 0 aliphatic carbocycles. The van der Waals surface area contributed by atoms with Gasteiger partial charge in [0.2, 0.25) is 0 Å². The zero-order chi connectivity index (χ0) is 11.6. The minimum absolute atomic E-state index is 0.0762. The summed E-state index contributed by atoms with van der Waals surface area (Å²) in [4.78, 5) is 2.36. The highest BCUT2D eigenvalue weighted by molar-refractivity contribution is 9.10. The summed E-state index contributed by atoms with van der Waals surface area (Å²) >= 11 is 3.47. The molecule has 3 heteroatoms. The van der Waals surface area contributed by atoms with Crippen LogP contribution in [-0.4, -0.2) is 32.1 Å². The van der Waals surface area contributed by atoms with Gasteiger partial charge < -0.3 is 9.64 Å². The van der Waals surface area contributed by atoms with Crippen molar-refractivity contribution in [3.8, 4) is 0 Å². The highest BCUT2D eigenvalue weighted by atomic mass is 79.9. The number of rotatable bonds is 2. The number of benzene rings is 1. The fraction of sp³-hybridized carbons (Fsp3) is 0.538. The minimum Gasteiger partial charge on any atom is -0.373 e. The Hall–Kier alpha value is -0.380. The first kappa shape index (κ1) is 12.1. The summed E-state index contributed by atoms with van der Waals surface area (Å²) in [5.41, 5.74) is 1.22. The molecular formula is C13H18BrNO. The van der Waals surface area contributed by atoms with Gasteiger partial charge in [0.15, 0.2) is 0 Å². The number of methoxy groups -OCH3 is 1. The molecule has 88 valence electrons. The highest BCUT2D eigenvalue weighted by Gasteiger charge is 2.35. The van der Waals surface area contributed by atoms with Gasteiger partial charge in [-0.25, -0.2) is 0 Å². The third kappa shape index (κ3) is 2.31. The van der Waals surface area contributed by atoms with Crippen LogP contribution in [-0.2, 0) is 10.3 Å². The van der Waals surface area contributed by atoms with Crippen molar-refractivity contribution in [2.24, 2.45) is 0 Å². The molecule has 0 aromatic heterocycles. The first-order chi connectivity index (χ1) is 7.66. The molecule has 0 saturated carbocycles. The van der Waals surface area contributed by atoms with E-state index < -0.39 is 0 Å².